The Balaban J connectivity index is 1.51. The second-order valence-corrected chi connectivity index (χ2v) is 9.08. The van der Waals surface area contributed by atoms with Crippen LogP contribution in [-0.4, -0.2) is 77.6 Å². The zero-order valence-electron chi connectivity index (χ0n) is 16.5. The first-order chi connectivity index (χ1) is 13.9. The molecule has 1 saturated heterocycles. The van der Waals surface area contributed by atoms with Crippen LogP contribution in [0.3, 0.4) is 0 Å². The van der Waals surface area contributed by atoms with E-state index in [-0.39, 0.29) is 23.1 Å². The molecule has 0 bridgehead atoms. The molecular weight excluding hydrogens is 414 g/mol. The van der Waals surface area contributed by atoms with Gasteiger partial charge in [0.2, 0.25) is 10.0 Å². The predicted molar refractivity (Wildman–Crippen MR) is 111 cm³/mol. The van der Waals surface area contributed by atoms with Gasteiger partial charge in [0.15, 0.2) is 0 Å². The summed E-state index contributed by atoms with van der Waals surface area (Å²) in [4.78, 5) is 16.4. The molecule has 1 aliphatic rings. The number of ether oxygens (including phenoxy) is 2. The smallest absolute Gasteiger partial charge is 0.254 e. The summed E-state index contributed by atoms with van der Waals surface area (Å²) in [5.41, 5.74) is 0.725. The van der Waals surface area contributed by atoms with Crippen LogP contribution >= 0.6 is 11.3 Å². The molecule has 0 saturated carbocycles. The highest BCUT2D eigenvalue weighted by molar-refractivity contribution is 7.89. The predicted octanol–water partition coefficient (Wildman–Crippen LogP) is 1.50. The van der Waals surface area contributed by atoms with E-state index in [0.717, 1.165) is 5.56 Å². The van der Waals surface area contributed by atoms with E-state index < -0.39 is 10.0 Å². The third kappa shape index (κ3) is 5.27. The molecule has 10 heteroatoms. The fraction of sp³-hybridized carbons (Fsp3) is 0.421. The number of thiophene rings is 1. The molecule has 0 radical (unpaired) electrons. The number of piperazine rings is 1. The van der Waals surface area contributed by atoms with Crippen LogP contribution in [0.2, 0.25) is 0 Å². The third-order valence-corrected chi connectivity index (χ3v) is 6.97. The molecule has 8 nitrogen and oxygen atoms in total. The molecule has 158 valence electrons. The van der Waals surface area contributed by atoms with Crippen LogP contribution < -0.4 is 14.2 Å². The van der Waals surface area contributed by atoms with Crippen molar-refractivity contribution in [2.75, 3.05) is 53.5 Å². The Labute approximate surface area is 175 Å². The topological polar surface area (TPSA) is 88.2 Å². The molecule has 0 atom stereocenters. The average molecular weight is 440 g/mol. The third-order valence-electron chi connectivity index (χ3n) is 4.81. The lowest BCUT2D eigenvalue weighted by Gasteiger charge is -2.34. The molecular formula is C19H25N3O5S2. The number of amides is 1. The second-order valence-electron chi connectivity index (χ2n) is 6.56. The Hall–Kier alpha value is -2.14. The maximum absolute atomic E-state index is 12.7. The van der Waals surface area contributed by atoms with E-state index in [2.05, 4.69) is 9.62 Å². The number of carbonyl (C=O) groups excluding carboxylic acids is 1. The zero-order chi connectivity index (χ0) is 20.9. The van der Waals surface area contributed by atoms with E-state index >= 15 is 0 Å². The van der Waals surface area contributed by atoms with Crippen LogP contribution in [0.25, 0.3) is 0 Å². The Morgan fingerprint density at radius 2 is 1.90 bits per heavy atom. The average Bonchev–Trinajstić information content (AvgIpc) is 3.28. The van der Waals surface area contributed by atoms with Crippen molar-refractivity contribution in [2.24, 2.45) is 0 Å². The van der Waals surface area contributed by atoms with Crippen LogP contribution in [0.4, 0.5) is 0 Å². The van der Waals surface area contributed by atoms with Gasteiger partial charge in [-0.15, -0.1) is 0 Å². The number of benzene rings is 1. The molecule has 1 fully saturated rings. The van der Waals surface area contributed by atoms with Gasteiger partial charge in [0.05, 0.1) is 19.8 Å². The van der Waals surface area contributed by atoms with E-state index in [1.54, 1.807) is 12.1 Å². The summed E-state index contributed by atoms with van der Waals surface area (Å²) in [5, 5.41) is 3.75. The largest absolute Gasteiger partial charge is 0.497 e. The number of nitrogens with one attached hydrogen (secondary N) is 1. The lowest BCUT2D eigenvalue weighted by molar-refractivity contribution is 0.0640. The number of methoxy groups -OCH3 is 2. The van der Waals surface area contributed by atoms with Gasteiger partial charge >= 0.3 is 0 Å². The quantitative estimate of drug-likeness (QED) is 0.671. The Kier molecular flexibility index (Phi) is 7.12. The van der Waals surface area contributed by atoms with E-state index in [1.165, 1.54) is 31.6 Å². The second kappa shape index (κ2) is 9.57. The first-order valence-electron chi connectivity index (χ1n) is 9.20. The Morgan fingerprint density at radius 3 is 2.52 bits per heavy atom. The molecule has 29 heavy (non-hydrogen) atoms. The van der Waals surface area contributed by atoms with Gasteiger partial charge in [0.25, 0.3) is 5.91 Å². The number of rotatable bonds is 8. The molecule has 1 aromatic carbocycles. The molecule has 0 unspecified atom stereocenters. The van der Waals surface area contributed by atoms with Gasteiger partial charge in [0, 0.05) is 50.7 Å². The standard InChI is InChI=1S/C19H25N3O5S2/c1-26-16-3-4-17(27-2)18(13-16)29(24,25)20-6-7-21-8-10-22(11-9-21)19(23)15-5-12-28-14-15/h3-5,12-14,20H,6-11H2,1-2H3. The molecule has 1 N–H and O–H groups in total. The maximum Gasteiger partial charge on any atom is 0.254 e. The minimum Gasteiger partial charge on any atom is -0.497 e. The molecule has 0 aliphatic carbocycles. The van der Waals surface area contributed by atoms with Gasteiger partial charge in [-0.05, 0) is 23.6 Å². The van der Waals surface area contributed by atoms with Gasteiger partial charge in [0.1, 0.15) is 16.4 Å². The van der Waals surface area contributed by atoms with Crippen LogP contribution in [0, 0.1) is 0 Å². The van der Waals surface area contributed by atoms with Crippen LogP contribution in [-0.2, 0) is 10.0 Å². The van der Waals surface area contributed by atoms with Gasteiger partial charge in [-0.25, -0.2) is 13.1 Å². The fourth-order valence-corrected chi connectivity index (χ4v) is 4.99. The summed E-state index contributed by atoms with van der Waals surface area (Å²) in [7, 11) is -0.826. The summed E-state index contributed by atoms with van der Waals surface area (Å²) in [6.07, 6.45) is 0. The van der Waals surface area contributed by atoms with E-state index in [9.17, 15) is 13.2 Å². The summed E-state index contributed by atoms with van der Waals surface area (Å²) >= 11 is 1.51. The van der Waals surface area contributed by atoms with E-state index in [1.807, 2.05) is 21.7 Å². The highest BCUT2D eigenvalue weighted by atomic mass is 32.2. The van der Waals surface area contributed by atoms with E-state index in [0.29, 0.717) is 38.5 Å². The number of carbonyl (C=O) groups is 1. The molecule has 3 rings (SSSR count). The van der Waals surface area contributed by atoms with Crippen molar-refractivity contribution >= 4 is 27.3 Å². The van der Waals surface area contributed by atoms with Crippen LogP contribution in [0.1, 0.15) is 10.4 Å². The lowest BCUT2D eigenvalue weighted by Crippen LogP contribution is -2.50. The zero-order valence-corrected chi connectivity index (χ0v) is 18.1. The van der Waals surface area contributed by atoms with Gasteiger partial charge in [-0.3, -0.25) is 9.69 Å². The minimum absolute atomic E-state index is 0.0468. The van der Waals surface area contributed by atoms with Crippen molar-refractivity contribution in [3.05, 3.63) is 40.6 Å². The number of hydrogen-bond acceptors (Lipinski definition) is 7. The Bertz CT molecular complexity index is 923. The summed E-state index contributed by atoms with van der Waals surface area (Å²) in [5.74, 6) is 0.758. The number of nitrogens with zero attached hydrogens (tertiary/aromatic N) is 2. The minimum atomic E-state index is -3.74. The van der Waals surface area contributed by atoms with Crippen molar-refractivity contribution in [3.63, 3.8) is 0 Å². The van der Waals surface area contributed by atoms with Crippen molar-refractivity contribution in [1.82, 2.24) is 14.5 Å². The van der Waals surface area contributed by atoms with E-state index in [4.69, 9.17) is 9.47 Å². The lowest BCUT2D eigenvalue weighted by atomic mass is 10.2. The van der Waals surface area contributed by atoms with Crippen molar-refractivity contribution in [2.45, 2.75) is 4.90 Å². The SMILES string of the molecule is COc1ccc(OC)c(S(=O)(=O)NCCN2CCN(C(=O)c3ccsc3)CC2)c1. The van der Waals surface area contributed by atoms with Crippen molar-refractivity contribution in [1.29, 1.82) is 0 Å². The number of hydrogen-bond donors (Lipinski definition) is 1. The monoisotopic (exact) mass is 439 g/mol. The van der Waals surface area contributed by atoms with Crippen molar-refractivity contribution in [3.8, 4) is 11.5 Å². The van der Waals surface area contributed by atoms with Gasteiger partial charge < -0.3 is 14.4 Å². The molecule has 2 aromatic rings. The Morgan fingerprint density at radius 1 is 1.14 bits per heavy atom. The highest BCUT2D eigenvalue weighted by Gasteiger charge is 2.24. The van der Waals surface area contributed by atoms with Gasteiger partial charge in [-0.2, -0.15) is 11.3 Å². The molecule has 2 heterocycles. The summed E-state index contributed by atoms with van der Waals surface area (Å²) in [6.45, 7) is 3.50. The molecule has 1 aliphatic heterocycles. The first-order valence-corrected chi connectivity index (χ1v) is 11.6. The maximum atomic E-state index is 12.7. The van der Waals surface area contributed by atoms with Crippen LogP contribution in [0.5, 0.6) is 11.5 Å². The van der Waals surface area contributed by atoms with Gasteiger partial charge in [-0.1, -0.05) is 0 Å². The van der Waals surface area contributed by atoms with Crippen molar-refractivity contribution < 1.29 is 22.7 Å². The fourth-order valence-electron chi connectivity index (χ4n) is 3.15. The first kappa shape index (κ1) is 21.6. The normalized spacial score (nSPS) is 15.3. The molecule has 1 aromatic heterocycles. The molecule has 1 amide bonds. The van der Waals surface area contributed by atoms with Crippen LogP contribution in [0.15, 0.2) is 39.9 Å². The highest BCUT2D eigenvalue weighted by Crippen LogP contribution is 2.27. The summed E-state index contributed by atoms with van der Waals surface area (Å²) < 4.78 is 38.3. The number of sulfonamides is 1. The summed E-state index contributed by atoms with van der Waals surface area (Å²) in [6, 6.07) is 6.49. The molecule has 0 spiro atoms.